The number of ether oxygens (including phenoxy) is 3. The number of aliphatic hydroxyl groups excluding tert-OH is 2. The summed E-state index contributed by atoms with van der Waals surface area (Å²) in [5.41, 5.74) is -0.0535. The summed E-state index contributed by atoms with van der Waals surface area (Å²) in [5, 5.41) is 19.7. The molecule has 41 heavy (non-hydrogen) atoms. The second-order valence-electron chi connectivity index (χ2n) is 8.76. The van der Waals surface area contributed by atoms with E-state index < -0.39 is 77.2 Å². The van der Waals surface area contributed by atoms with E-state index >= 15 is 0 Å². The molecule has 0 saturated heterocycles. The highest BCUT2D eigenvalue weighted by atomic mass is 32.2. The zero-order chi connectivity index (χ0) is 31.1. The van der Waals surface area contributed by atoms with E-state index in [1.807, 2.05) is 0 Å². The van der Waals surface area contributed by atoms with Gasteiger partial charge in [-0.3, -0.25) is 9.11 Å². The van der Waals surface area contributed by atoms with Crippen molar-refractivity contribution in [3.63, 3.8) is 0 Å². The van der Waals surface area contributed by atoms with E-state index in [0.29, 0.717) is 0 Å². The van der Waals surface area contributed by atoms with E-state index in [1.54, 1.807) is 0 Å². The Morgan fingerprint density at radius 3 is 1.34 bits per heavy atom. The summed E-state index contributed by atoms with van der Waals surface area (Å²) in [6.07, 6.45) is 1.97. The Balaban J connectivity index is 2.93. The lowest BCUT2D eigenvalue weighted by Crippen LogP contribution is -2.16. The summed E-state index contributed by atoms with van der Waals surface area (Å²) < 4.78 is 86.1. The molecule has 0 spiro atoms. The molecule has 0 saturated carbocycles. The summed E-state index contributed by atoms with van der Waals surface area (Å²) in [6.45, 7) is 5.72. The molecule has 2 rings (SSSR count). The quantitative estimate of drug-likeness (QED) is 0.117. The Morgan fingerprint density at radius 2 is 1.07 bits per heavy atom. The monoisotopic (exact) mass is 614 g/mol. The highest BCUT2D eigenvalue weighted by Crippen LogP contribution is 2.44. The van der Waals surface area contributed by atoms with Crippen LogP contribution in [0.1, 0.15) is 38.8 Å². The van der Waals surface area contributed by atoms with Gasteiger partial charge in [-0.25, -0.2) is 9.59 Å². The van der Waals surface area contributed by atoms with Gasteiger partial charge < -0.3 is 24.4 Å². The Labute approximate surface area is 237 Å². The van der Waals surface area contributed by atoms with E-state index in [9.17, 15) is 45.7 Å². The Kier molecular flexibility index (Phi) is 11.3. The molecule has 15 heteroatoms. The summed E-state index contributed by atoms with van der Waals surface area (Å²) in [5.74, 6) is -4.98. The topological polar surface area (TPSA) is 211 Å². The summed E-state index contributed by atoms with van der Waals surface area (Å²) in [4.78, 5) is 22.3. The van der Waals surface area contributed by atoms with Crippen molar-refractivity contribution in [2.24, 2.45) is 0 Å². The molecule has 0 aromatic heterocycles. The molecule has 0 fully saturated rings. The molecule has 0 amide bonds. The molecule has 0 aliphatic heterocycles. The number of carbonyl (C=O) groups is 2. The minimum atomic E-state index is -5.26. The first kappa shape index (κ1) is 33.6. The minimum absolute atomic E-state index is 0.0268. The summed E-state index contributed by atoms with van der Waals surface area (Å²) >= 11 is 0. The lowest BCUT2D eigenvalue weighted by Gasteiger charge is -2.20. The van der Waals surface area contributed by atoms with Crippen molar-refractivity contribution >= 4 is 32.2 Å². The van der Waals surface area contributed by atoms with Crippen LogP contribution in [-0.2, 0) is 42.7 Å². The van der Waals surface area contributed by atoms with Gasteiger partial charge in [0.2, 0.25) is 0 Å². The van der Waals surface area contributed by atoms with Gasteiger partial charge in [0.05, 0.1) is 12.2 Å². The fourth-order valence-corrected chi connectivity index (χ4v) is 5.20. The molecule has 0 heterocycles. The van der Waals surface area contributed by atoms with Crippen LogP contribution >= 0.6 is 0 Å². The lowest BCUT2D eigenvalue weighted by molar-refractivity contribution is -0.130. The van der Waals surface area contributed by atoms with Gasteiger partial charge in [0.1, 0.15) is 0 Å². The van der Waals surface area contributed by atoms with Crippen LogP contribution in [0.15, 0.2) is 58.4 Å². The highest BCUT2D eigenvalue weighted by Gasteiger charge is 2.32. The van der Waals surface area contributed by atoms with Gasteiger partial charge in [-0.05, 0) is 51.0 Å². The number of carbonyl (C=O) groups excluding carboxylic acids is 2. The Hall–Kier alpha value is -3.60. The van der Waals surface area contributed by atoms with E-state index in [1.165, 1.54) is 52.0 Å². The Morgan fingerprint density at radius 1 is 0.732 bits per heavy atom. The van der Waals surface area contributed by atoms with Gasteiger partial charge in [-0.15, -0.1) is 0 Å². The number of allylic oxidation sites excluding steroid dienone is 2. The van der Waals surface area contributed by atoms with E-state index in [-0.39, 0.29) is 24.0 Å². The van der Waals surface area contributed by atoms with Crippen molar-refractivity contribution in [1.82, 2.24) is 0 Å². The summed E-state index contributed by atoms with van der Waals surface area (Å²) in [6, 6.07) is 4.40. The van der Waals surface area contributed by atoms with Crippen LogP contribution in [0.2, 0.25) is 0 Å². The number of hydrogen-bond acceptors (Lipinski definition) is 11. The van der Waals surface area contributed by atoms with E-state index in [0.717, 1.165) is 24.3 Å². The number of aliphatic hydroxyl groups is 2. The van der Waals surface area contributed by atoms with Gasteiger partial charge in [0.15, 0.2) is 32.8 Å². The van der Waals surface area contributed by atoms with Gasteiger partial charge in [0, 0.05) is 25.0 Å². The second-order valence-corrected chi connectivity index (χ2v) is 11.5. The van der Waals surface area contributed by atoms with Crippen molar-refractivity contribution < 1.29 is 60.0 Å². The predicted octanol–water partition coefficient (Wildman–Crippen LogP) is 2.78. The van der Waals surface area contributed by atoms with Crippen LogP contribution < -0.4 is 14.2 Å². The molecule has 2 aromatic carbocycles. The second kappa shape index (κ2) is 13.8. The van der Waals surface area contributed by atoms with Crippen LogP contribution in [0.5, 0.6) is 23.0 Å². The number of esters is 2. The average molecular weight is 615 g/mol. The van der Waals surface area contributed by atoms with E-state index in [4.69, 9.17) is 14.2 Å². The maximum Gasteiger partial charge on any atom is 0.335 e. The third kappa shape index (κ3) is 9.21. The van der Waals surface area contributed by atoms with Crippen LogP contribution in [0, 0.1) is 0 Å². The SMILES string of the molecule is CC=CC(=O)Oc1c(CC(C)O)ccc(Oc2ccc(CC(C)O)c(OC(=O)C=CC)c2S(=O)(=O)O)c1S(=O)(=O)O. The first-order valence-electron chi connectivity index (χ1n) is 12.0. The first-order chi connectivity index (χ1) is 19.0. The maximum absolute atomic E-state index is 12.5. The number of hydrogen-bond donors (Lipinski definition) is 4. The molecule has 2 unspecified atom stereocenters. The molecular weight excluding hydrogens is 584 g/mol. The Bertz CT molecular complexity index is 1450. The van der Waals surface area contributed by atoms with Gasteiger partial charge in [-0.2, -0.15) is 16.8 Å². The van der Waals surface area contributed by atoms with Gasteiger partial charge in [-0.1, -0.05) is 24.3 Å². The van der Waals surface area contributed by atoms with Crippen molar-refractivity contribution in [3.05, 3.63) is 59.7 Å². The predicted molar refractivity (Wildman–Crippen MR) is 144 cm³/mol. The molecule has 0 bridgehead atoms. The normalized spacial score (nSPS) is 13.8. The first-order valence-corrected chi connectivity index (χ1v) is 14.9. The zero-order valence-corrected chi connectivity index (χ0v) is 24.1. The molecule has 224 valence electrons. The molecule has 2 atom stereocenters. The number of rotatable bonds is 12. The van der Waals surface area contributed by atoms with Crippen molar-refractivity contribution in [1.29, 1.82) is 0 Å². The summed E-state index contributed by atoms with van der Waals surface area (Å²) in [7, 11) is -10.5. The van der Waals surface area contributed by atoms with Gasteiger partial charge in [0.25, 0.3) is 0 Å². The van der Waals surface area contributed by atoms with E-state index in [2.05, 4.69) is 0 Å². The zero-order valence-electron chi connectivity index (χ0n) is 22.5. The molecule has 0 radical (unpaired) electrons. The van der Waals surface area contributed by atoms with Crippen molar-refractivity contribution in [3.8, 4) is 23.0 Å². The third-order valence-corrected chi connectivity index (χ3v) is 6.90. The molecule has 2 aromatic rings. The average Bonchev–Trinajstić information content (AvgIpc) is 2.80. The van der Waals surface area contributed by atoms with Crippen LogP contribution in [0.3, 0.4) is 0 Å². The molecule has 13 nitrogen and oxygen atoms in total. The molecule has 0 aliphatic rings. The van der Waals surface area contributed by atoms with Crippen molar-refractivity contribution in [2.75, 3.05) is 0 Å². The molecule has 4 N–H and O–H groups in total. The highest BCUT2D eigenvalue weighted by molar-refractivity contribution is 7.86. The third-order valence-electron chi connectivity index (χ3n) is 5.09. The molecular formula is C26H30O13S2. The smallest absolute Gasteiger partial charge is 0.335 e. The fourth-order valence-electron chi connectivity index (χ4n) is 3.66. The van der Waals surface area contributed by atoms with Crippen LogP contribution in [0.25, 0.3) is 0 Å². The standard InChI is InChI=1S/C26H30O13S2/c1-5-7-21(29)38-23-17(13-15(3)27)9-11-19(25(23)40(31,32)33)37-20-12-10-18(14-16(4)28)24(26(20)41(34,35)36)39-22(30)8-6-2/h5-12,15-16,27-28H,13-14H2,1-4H3,(H,31,32,33)(H,34,35,36). The van der Waals surface area contributed by atoms with Crippen molar-refractivity contribution in [2.45, 2.75) is 62.5 Å². The lowest BCUT2D eigenvalue weighted by atomic mass is 10.1. The fraction of sp³-hybridized carbons (Fsp3) is 0.308. The minimum Gasteiger partial charge on any atom is -0.454 e. The van der Waals surface area contributed by atoms with Crippen LogP contribution in [0.4, 0.5) is 0 Å². The number of benzene rings is 2. The molecule has 0 aliphatic carbocycles. The maximum atomic E-state index is 12.5. The van der Waals surface area contributed by atoms with Crippen LogP contribution in [-0.4, -0.2) is 60.3 Å². The van der Waals surface area contributed by atoms with Gasteiger partial charge >= 0.3 is 32.2 Å². The largest absolute Gasteiger partial charge is 0.454 e.